The normalized spacial score (nSPS) is 13.2. The molecule has 0 saturated carbocycles. The first-order valence-corrected chi connectivity index (χ1v) is 3.85. The molecule has 0 heterocycles. The van der Waals surface area contributed by atoms with Gasteiger partial charge in [0.1, 0.15) is 0 Å². The summed E-state index contributed by atoms with van der Waals surface area (Å²) < 4.78 is 0. The molecule has 0 aromatic heterocycles. The standard InChI is InChI=1S/C9H14N2/c1-4-8(7-11)9(2,3)5-6-10/h8H,4-5H2,1-3H3. The van der Waals surface area contributed by atoms with Crippen LogP contribution < -0.4 is 0 Å². The summed E-state index contributed by atoms with van der Waals surface area (Å²) in [5, 5.41) is 17.2. The fourth-order valence-electron chi connectivity index (χ4n) is 1.15. The summed E-state index contributed by atoms with van der Waals surface area (Å²) in [7, 11) is 0. The van der Waals surface area contributed by atoms with Crippen molar-refractivity contribution >= 4 is 0 Å². The van der Waals surface area contributed by atoms with Gasteiger partial charge in [-0.1, -0.05) is 20.8 Å². The van der Waals surface area contributed by atoms with Crippen molar-refractivity contribution in [2.45, 2.75) is 33.6 Å². The van der Waals surface area contributed by atoms with Crippen molar-refractivity contribution in [3.8, 4) is 12.1 Å². The second-order valence-corrected chi connectivity index (χ2v) is 3.41. The molecule has 1 unspecified atom stereocenters. The molecule has 2 heteroatoms. The molecule has 2 nitrogen and oxygen atoms in total. The lowest BCUT2D eigenvalue weighted by molar-refractivity contribution is 0.266. The quantitative estimate of drug-likeness (QED) is 0.620. The molecule has 0 spiro atoms. The summed E-state index contributed by atoms with van der Waals surface area (Å²) >= 11 is 0. The van der Waals surface area contributed by atoms with Crippen LogP contribution in [0.5, 0.6) is 0 Å². The Balaban J connectivity index is 4.30. The van der Waals surface area contributed by atoms with Gasteiger partial charge in [-0.3, -0.25) is 0 Å². The van der Waals surface area contributed by atoms with Crippen LogP contribution in [0.15, 0.2) is 0 Å². The van der Waals surface area contributed by atoms with E-state index in [0.29, 0.717) is 6.42 Å². The second-order valence-electron chi connectivity index (χ2n) is 3.41. The van der Waals surface area contributed by atoms with Gasteiger partial charge >= 0.3 is 0 Å². The summed E-state index contributed by atoms with van der Waals surface area (Å²) in [6.45, 7) is 5.91. The summed E-state index contributed by atoms with van der Waals surface area (Å²) in [6, 6.07) is 4.33. The Bertz CT molecular complexity index is 193. The van der Waals surface area contributed by atoms with E-state index in [1.807, 2.05) is 20.8 Å². The van der Waals surface area contributed by atoms with Crippen molar-refractivity contribution < 1.29 is 0 Å². The summed E-state index contributed by atoms with van der Waals surface area (Å²) in [5.41, 5.74) is -0.155. The largest absolute Gasteiger partial charge is 0.198 e. The Hall–Kier alpha value is -1.02. The first-order valence-electron chi connectivity index (χ1n) is 3.85. The average Bonchev–Trinajstić information content (AvgIpc) is 1.89. The van der Waals surface area contributed by atoms with Crippen molar-refractivity contribution in [3.63, 3.8) is 0 Å². The van der Waals surface area contributed by atoms with E-state index >= 15 is 0 Å². The van der Waals surface area contributed by atoms with Crippen LogP contribution >= 0.6 is 0 Å². The van der Waals surface area contributed by atoms with E-state index in [1.54, 1.807) is 0 Å². The molecule has 0 bridgehead atoms. The van der Waals surface area contributed by atoms with Crippen LogP contribution in [0.2, 0.25) is 0 Å². The lowest BCUT2D eigenvalue weighted by atomic mass is 9.76. The highest BCUT2D eigenvalue weighted by Gasteiger charge is 2.27. The molecule has 11 heavy (non-hydrogen) atoms. The summed E-state index contributed by atoms with van der Waals surface area (Å²) in [5.74, 6) is 0.00199. The van der Waals surface area contributed by atoms with Gasteiger partial charge in [-0.2, -0.15) is 10.5 Å². The van der Waals surface area contributed by atoms with Crippen LogP contribution in [-0.2, 0) is 0 Å². The molecule has 0 amide bonds. The van der Waals surface area contributed by atoms with Crippen LogP contribution in [0.1, 0.15) is 33.6 Å². The SMILES string of the molecule is CCC(C#N)C(C)(C)CC#N. The number of nitrogens with zero attached hydrogens (tertiary/aromatic N) is 2. The average molecular weight is 150 g/mol. The zero-order valence-electron chi connectivity index (χ0n) is 7.39. The monoisotopic (exact) mass is 150 g/mol. The van der Waals surface area contributed by atoms with Crippen molar-refractivity contribution in [2.24, 2.45) is 11.3 Å². The zero-order valence-corrected chi connectivity index (χ0v) is 7.39. The van der Waals surface area contributed by atoms with Gasteiger partial charge in [0.2, 0.25) is 0 Å². The number of hydrogen-bond acceptors (Lipinski definition) is 2. The van der Waals surface area contributed by atoms with Crippen LogP contribution in [-0.4, -0.2) is 0 Å². The molecule has 0 radical (unpaired) electrons. The Morgan fingerprint density at radius 3 is 2.18 bits per heavy atom. The maximum absolute atomic E-state index is 8.73. The van der Waals surface area contributed by atoms with E-state index in [0.717, 1.165) is 6.42 Å². The first-order chi connectivity index (χ1) is 5.08. The molecular formula is C9H14N2. The van der Waals surface area contributed by atoms with Crippen molar-refractivity contribution in [3.05, 3.63) is 0 Å². The van der Waals surface area contributed by atoms with E-state index in [2.05, 4.69) is 12.1 Å². The van der Waals surface area contributed by atoms with Gasteiger partial charge in [0.15, 0.2) is 0 Å². The first kappa shape index (κ1) is 9.98. The van der Waals surface area contributed by atoms with Crippen molar-refractivity contribution in [1.29, 1.82) is 10.5 Å². The number of rotatable bonds is 3. The molecule has 0 aliphatic rings. The Labute approximate surface area is 68.4 Å². The lowest BCUT2D eigenvalue weighted by Gasteiger charge is -2.25. The van der Waals surface area contributed by atoms with Gasteiger partial charge in [-0.15, -0.1) is 0 Å². The molecule has 0 fully saturated rings. The zero-order chi connectivity index (χ0) is 8.91. The maximum Gasteiger partial charge on any atom is 0.0661 e. The highest BCUT2D eigenvalue weighted by molar-refractivity contribution is 4.96. The summed E-state index contributed by atoms with van der Waals surface area (Å²) in [6.07, 6.45) is 1.28. The van der Waals surface area contributed by atoms with Gasteiger partial charge in [-0.05, 0) is 11.8 Å². The molecule has 0 aromatic rings. The minimum Gasteiger partial charge on any atom is -0.198 e. The predicted octanol–water partition coefficient (Wildman–Crippen LogP) is 2.48. The topological polar surface area (TPSA) is 47.6 Å². The van der Waals surface area contributed by atoms with Gasteiger partial charge < -0.3 is 0 Å². The molecule has 0 aliphatic heterocycles. The van der Waals surface area contributed by atoms with Gasteiger partial charge in [0.25, 0.3) is 0 Å². The molecule has 0 rings (SSSR count). The van der Waals surface area contributed by atoms with Crippen molar-refractivity contribution in [2.75, 3.05) is 0 Å². The molecule has 0 saturated heterocycles. The minimum absolute atomic E-state index is 0.00199. The van der Waals surface area contributed by atoms with Gasteiger partial charge in [-0.25, -0.2) is 0 Å². The third-order valence-corrected chi connectivity index (χ3v) is 2.04. The molecular weight excluding hydrogens is 136 g/mol. The van der Waals surface area contributed by atoms with E-state index < -0.39 is 0 Å². The predicted molar refractivity (Wildman–Crippen MR) is 43.4 cm³/mol. The second kappa shape index (κ2) is 3.98. The highest BCUT2D eigenvalue weighted by Crippen LogP contribution is 2.31. The van der Waals surface area contributed by atoms with Crippen LogP contribution in [0.25, 0.3) is 0 Å². The molecule has 0 N–H and O–H groups in total. The lowest BCUT2D eigenvalue weighted by Crippen LogP contribution is -2.21. The third-order valence-electron chi connectivity index (χ3n) is 2.04. The minimum atomic E-state index is -0.155. The number of hydrogen-bond donors (Lipinski definition) is 0. The fraction of sp³-hybridized carbons (Fsp3) is 0.778. The smallest absolute Gasteiger partial charge is 0.0661 e. The van der Waals surface area contributed by atoms with Gasteiger partial charge in [0.05, 0.1) is 18.1 Å². The summed E-state index contributed by atoms with van der Waals surface area (Å²) in [4.78, 5) is 0. The fourth-order valence-corrected chi connectivity index (χ4v) is 1.15. The van der Waals surface area contributed by atoms with E-state index in [4.69, 9.17) is 10.5 Å². The Morgan fingerprint density at radius 1 is 1.36 bits per heavy atom. The van der Waals surface area contributed by atoms with Crippen LogP contribution in [0.4, 0.5) is 0 Å². The molecule has 1 atom stereocenters. The number of nitriles is 2. The van der Waals surface area contributed by atoms with E-state index in [1.165, 1.54) is 0 Å². The van der Waals surface area contributed by atoms with Crippen molar-refractivity contribution in [1.82, 2.24) is 0 Å². The molecule has 0 aromatic carbocycles. The van der Waals surface area contributed by atoms with Gasteiger partial charge in [0, 0.05) is 6.42 Å². The molecule has 60 valence electrons. The van der Waals surface area contributed by atoms with Crippen LogP contribution in [0, 0.1) is 34.0 Å². The third kappa shape index (κ3) is 2.60. The Kier molecular flexibility index (Phi) is 3.61. The maximum atomic E-state index is 8.73. The van der Waals surface area contributed by atoms with E-state index in [9.17, 15) is 0 Å². The molecule has 0 aliphatic carbocycles. The van der Waals surface area contributed by atoms with Crippen LogP contribution in [0.3, 0.4) is 0 Å². The highest BCUT2D eigenvalue weighted by atomic mass is 14.4. The van der Waals surface area contributed by atoms with E-state index in [-0.39, 0.29) is 11.3 Å². The Morgan fingerprint density at radius 2 is 1.91 bits per heavy atom.